The molecule has 1 aromatic heterocycles. The molecule has 1 aliphatic rings. The molecule has 1 amide bonds. The molecule has 1 fully saturated rings. The normalized spacial score (nSPS) is 14.0. The molecule has 0 N–H and O–H groups in total. The molecule has 0 aliphatic carbocycles. The molecule has 4 aromatic rings. The third kappa shape index (κ3) is 4.36. The van der Waals surface area contributed by atoms with Crippen molar-refractivity contribution in [2.75, 3.05) is 31.1 Å². The van der Waals surface area contributed by atoms with Crippen molar-refractivity contribution in [3.8, 4) is 11.4 Å². The van der Waals surface area contributed by atoms with Crippen molar-refractivity contribution in [2.45, 2.75) is 0 Å². The molecule has 0 radical (unpaired) electrons. The lowest BCUT2D eigenvalue weighted by atomic mass is 10.1. The van der Waals surface area contributed by atoms with Crippen LogP contribution in [0.1, 0.15) is 10.4 Å². The Labute approximate surface area is 200 Å². The zero-order chi connectivity index (χ0) is 22.9. The van der Waals surface area contributed by atoms with Gasteiger partial charge in [-0.1, -0.05) is 35.3 Å². The zero-order valence-corrected chi connectivity index (χ0v) is 19.0. The van der Waals surface area contributed by atoms with Crippen molar-refractivity contribution >= 4 is 45.8 Å². The van der Waals surface area contributed by atoms with E-state index in [1.807, 2.05) is 42.5 Å². The lowest BCUT2D eigenvalue weighted by Gasteiger charge is -2.36. The highest BCUT2D eigenvalue weighted by Crippen LogP contribution is 2.32. The third-order valence-electron chi connectivity index (χ3n) is 5.71. The first-order chi connectivity index (χ1) is 16.0. The summed E-state index contributed by atoms with van der Waals surface area (Å²) in [6.45, 7) is 2.25. The molecule has 0 bridgehead atoms. The topological polar surface area (TPSA) is 49.3 Å². The van der Waals surface area contributed by atoms with Crippen LogP contribution in [0.25, 0.3) is 22.3 Å². The van der Waals surface area contributed by atoms with Gasteiger partial charge in [0.15, 0.2) is 5.82 Å². The number of fused-ring (bicyclic) bond motifs is 1. The predicted octanol–water partition coefficient (Wildman–Crippen LogP) is 5.71. The summed E-state index contributed by atoms with van der Waals surface area (Å²) >= 11 is 12.7. The van der Waals surface area contributed by atoms with Gasteiger partial charge in [0.2, 0.25) is 0 Å². The van der Waals surface area contributed by atoms with Gasteiger partial charge in [-0.05, 0) is 54.6 Å². The molecule has 1 aliphatic heterocycles. The minimum absolute atomic E-state index is 0.106. The van der Waals surface area contributed by atoms with Crippen LogP contribution in [0.2, 0.25) is 10.0 Å². The molecule has 0 atom stereocenters. The van der Waals surface area contributed by atoms with Crippen LogP contribution in [-0.4, -0.2) is 47.0 Å². The summed E-state index contributed by atoms with van der Waals surface area (Å²) < 4.78 is 13.2. The van der Waals surface area contributed by atoms with Gasteiger partial charge in [0, 0.05) is 47.7 Å². The van der Waals surface area contributed by atoms with Gasteiger partial charge in [-0.3, -0.25) is 4.79 Å². The van der Waals surface area contributed by atoms with Crippen molar-refractivity contribution in [1.29, 1.82) is 0 Å². The predicted molar refractivity (Wildman–Crippen MR) is 130 cm³/mol. The Morgan fingerprint density at radius 1 is 0.879 bits per heavy atom. The number of anilines is 1. The maximum atomic E-state index is 13.2. The fourth-order valence-corrected chi connectivity index (χ4v) is 4.37. The van der Waals surface area contributed by atoms with E-state index in [4.69, 9.17) is 33.2 Å². The molecule has 8 heteroatoms. The number of hydrogen-bond acceptors (Lipinski definition) is 4. The number of aromatic nitrogens is 2. The molecule has 33 heavy (non-hydrogen) atoms. The number of carbonyl (C=O) groups excluding carboxylic acids is 1. The number of carbonyl (C=O) groups is 1. The Hall–Kier alpha value is -3.22. The molecular formula is C25H19Cl2FN4O. The second-order valence-corrected chi connectivity index (χ2v) is 8.64. The summed E-state index contributed by atoms with van der Waals surface area (Å²) in [6.07, 6.45) is 0. The first kappa shape index (κ1) is 21.6. The van der Waals surface area contributed by atoms with E-state index in [0.29, 0.717) is 47.6 Å². The van der Waals surface area contributed by atoms with Crippen LogP contribution in [0, 0.1) is 5.82 Å². The van der Waals surface area contributed by atoms with Crippen molar-refractivity contribution in [1.82, 2.24) is 14.9 Å². The van der Waals surface area contributed by atoms with Gasteiger partial charge in [-0.25, -0.2) is 14.4 Å². The largest absolute Gasteiger partial charge is 0.352 e. The minimum atomic E-state index is -0.360. The highest BCUT2D eigenvalue weighted by molar-refractivity contribution is 6.33. The monoisotopic (exact) mass is 480 g/mol. The zero-order valence-electron chi connectivity index (χ0n) is 17.5. The van der Waals surface area contributed by atoms with Gasteiger partial charge in [0.05, 0.1) is 10.5 Å². The molecule has 0 unspecified atom stereocenters. The van der Waals surface area contributed by atoms with Crippen molar-refractivity contribution in [3.63, 3.8) is 0 Å². The maximum absolute atomic E-state index is 13.2. The second kappa shape index (κ2) is 8.96. The molecule has 2 heterocycles. The highest BCUT2D eigenvalue weighted by atomic mass is 35.5. The van der Waals surface area contributed by atoms with Crippen molar-refractivity contribution < 1.29 is 9.18 Å². The van der Waals surface area contributed by atoms with E-state index in [0.717, 1.165) is 22.3 Å². The standard InChI is InChI=1S/C25H19Cl2FN4O/c26-17-7-10-20-22(15-17)29-23(19-3-1-2-4-21(19)27)30-24(20)31-11-13-32(14-12-31)25(33)16-5-8-18(28)9-6-16/h1-10,15H,11-14H2. The van der Waals surface area contributed by atoms with E-state index in [2.05, 4.69) is 4.90 Å². The molecule has 5 nitrogen and oxygen atoms in total. The summed E-state index contributed by atoms with van der Waals surface area (Å²) in [5.41, 5.74) is 1.95. The fraction of sp³-hybridized carbons (Fsp3) is 0.160. The van der Waals surface area contributed by atoms with Crippen LogP contribution < -0.4 is 4.90 Å². The van der Waals surface area contributed by atoms with Crippen LogP contribution in [0.15, 0.2) is 66.7 Å². The number of benzene rings is 3. The SMILES string of the molecule is O=C(c1ccc(F)cc1)N1CCN(c2nc(-c3ccccc3Cl)nc3cc(Cl)ccc23)CC1. The minimum Gasteiger partial charge on any atom is -0.352 e. The summed E-state index contributed by atoms with van der Waals surface area (Å²) in [7, 11) is 0. The number of halogens is 3. The molecule has 1 saturated heterocycles. The lowest BCUT2D eigenvalue weighted by Crippen LogP contribution is -2.49. The van der Waals surface area contributed by atoms with E-state index >= 15 is 0 Å². The third-order valence-corrected chi connectivity index (χ3v) is 6.28. The average Bonchev–Trinajstić information content (AvgIpc) is 2.83. The van der Waals surface area contributed by atoms with Crippen LogP contribution >= 0.6 is 23.2 Å². The Morgan fingerprint density at radius 2 is 1.61 bits per heavy atom. The Morgan fingerprint density at radius 3 is 2.33 bits per heavy atom. The van der Waals surface area contributed by atoms with Gasteiger partial charge < -0.3 is 9.80 Å². The Kier molecular flexibility index (Phi) is 5.87. The molecule has 0 spiro atoms. The van der Waals surface area contributed by atoms with Gasteiger partial charge in [0.1, 0.15) is 11.6 Å². The van der Waals surface area contributed by atoms with Crippen LogP contribution in [0.3, 0.4) is 0 Å². The molecule has 5 rings (SSSR count). The summed E-state index contributed by atoms with van der Waals surface area (Å²) in [6, 6.07) is 18.6. The maximum Gasteiger partial charge on any atom is 0.253 e. The molecule has 166 valence electrons. The fourth-order valence-electron chi connectivity index (χ4n) is 3.99. The van der Waals surface area contributed by atoms with Gasteiger partial charge >= 0.3 is 0 Å². The van der Waals surface area contributed by atoms with E-state index in [-0.39, 0.29) is 11.7 Å². The van der Waals surface area contributed by atoms with E-state index in [9.17, 15) is 9.18 Å². The van der Waals surface area contributed by atoms with Crippen LogP contribution in [0.4, 0.5) is 10.2 Å². The smallest absolute Gasteiger partial charge is 0.253 e. The van der Waals surface area contributed by atoms with E-state index in [1.54, 1.807) is 4.90 Å². The number of piperazine rings is 1. The summed E-state index contributed by atoms with van der Waals surface area (Å²) in [5, 5.41) is 2.04. The number of amides is 1. The summed E-state index contributed by atoms with van der Waals surface area (Å²) in [4.78, 5) is 26.3. The number of hydrogen-bond donors (Lipinski definition) is 0. The quantitative estimate of drug-likeness (QED) is 0.377. The van der Waals surface area contributed by atoms with Gasteiger partial charge in [0.25, 0.3) is 5.91 Å². The Bertz CT molecular complexity index is 1340. The van der Waals surface area contributed by atoms with Crippen molar-refractivity contribution in [3.05, 3.63) is 88.2 Å². The number of nitrogens with zero attached hydrogens (tertiary/aromatic N) is 4. The van der Waals surface area contributed by atoms with Crippen LogP contribution in [-0.2, 0) is 0 Å². The molecule has 0 saturated carbocycles. The van der Waals surface area contributed by atoms with E-state index < -0.39 is 0 Å². The van der Waals surface area contributed by atoms with Gasteiger partial charge in [-0.2, -0.15) is 0 Å². The molecule has 3 aromatic carbocycles. The van der Waals surface area contributed by atoms with Crippen LogP contribution in [0.5, 0.6) is 0 Å². The highest BCUT2D eigenvalue weighted by Gasteiger charge is 2.25. The average molecular weight is 481 g/mol. The van der Waals surface area contributed by atoms with Gasteiger partial charge in [-0.15, -0.1) is 0 Å². The Balaban J connectivity index is 1.45. The lowest BCUT2D eigenvalue weighted by molar-refractivity contribution is 0.0746. The second-order valence-electron chi connectivity index (χ2n) is 7.80. The summed E-state index contributed by atoms with van der Waals surface area (Å²) in [5.74, 6) is 0.836. The van der Waals surface area contributed by atoms with E-state index in [1.165, 1.54) is 24.3 Å². The first-order valence-corrected chi connectivity index (χ1v) is 11.3. The first-order valence-electron chi connectivity index (χ1n) is 10.5. The number of rotatable bonds is 3. The van der Waals surface area contributed by atoms with Crippen molar-refractivity contribution in [2.24, 2.45) is 0 Å². The molecular weight excluding hydrogens is 462 g/mol.